The van der Waals surface area contributed by atoms with Crippen molar-refractivity contribution in [3.63, 3.8) is 0 Å². The molecule has 0 saturated carbocycles. The summed E-state index contributed by atoms with van der Waals surface area (Å²) in [6.07, 6.45) is 14.0. The largest absolute Gasteiger partial charge is 1.00 e. The predicted octanol–water partition coefficient (Wildman–Crippen LogP) is 2.12. The summed E-state index contributed by atoms with van der Waals surface area (Å²) in [5, 5.41) is 10.2. The van der Waals surface area contributed by atoms with Crippen LogP contribution in [0.3, 0.4) is 0 Å². The van der Waals surface area contributed by atoms with Crippen molar-refractivity contribution in [2.45, 2.75) is 115 Å². The van der Waals surface area contributed by atoms with Gasteiger partial charge in [0.15, 0.2) is 4.93 Å². The SMILES string of the molecule is CCCCCCCCCCCCC(O)(CCCCC)S(=O)(=O)[O-].[Na+]. The van der Waals surface area contributed by atoms with Gasteiger partial charge in [-0.25, -0.2) is 8.42 Å². The molecule has 0 fully saturated rings. The molecule has 1 unspecified atom stereocenters. The van der Waals surface area contributed by atoms with Gasteiger partial charge in [0.25, 0.3) is 0 Å². The van der Waals surface area contributed by atoms with E-state index in [0.717, 1.165) is 32.1 Å². The average molecular weight is 373 g/mol. The maximum Gasteiger partial charge on any atom is 1.00 e. The van der Waals surface area contributed by atoms with E-state index in [1.807, 2.05) is 6.92 Å². The molecule has 0 saturated heterocycles. The summed E-state index contributed by atoms with van der Waals surface area (Å²) in [7, 11) is -4.65. The van der Waals surface area contributed by atoms with Gasteiger partial charge in [0, 0.05) is 0 Å². The third-order valence-electron chi connectivity index (χ3n) is 4.56. The summed E-state index contributed by atoms with van der Waals surface area (Å²) in [6.45, 7) is 4.22. The first-order valence-corrected chi connectivity index (χ1v) is 11.0. The molecule has 0 spiro atoms. The number of rotatable bonds is 16. The molecule has 0 rings (SSSR count). The molecule has 0 bridgehead atoms. The molecule has 1 atom stereocenters. The molecule has 0 amide bonds. The van der Waals surface area contributed by atoms with E-state index in [1.165, 1.54) is 38.5 Å². The number of hydrogen-bond donors (Lipinski definition) is 1. The van der Waals surface area contributed by atoms with E-state index in [4.69, 9.17) is 0 Å². The van der Waals surface area contributed by atoms with Gasteiger partial charge in [-0.05, 0) is 25.7 Å². The monoisotopic (exact) mass is 372 g/mol. The van der Waals surface area contributed by atoms with Crippen LogP contribution in [-0.4, -0.2) is 23.0 Å². The third kappa shape index (κ3) is 13.1. The van der Waals surface area contributed by atoms with E-state index in [1.54, 1.807) is 0 Å². The summed E-state index contributed by atoms with van der Waals surface area (Å²) < 4.78 is 34.0. The molecule has 0 aromatic rings. The molecule has 140 valence electrons. The first-order valence-electron chi connectivity index (χ1n) is 9.55. The van der Waals surface area contributed by atoms with Crippen LogP contribution in [0.2, 0.25) is 0 Å². The van der Waals surface area contributed by atoms with Gasteiger partial charge in [0.1, 0.15) is 10.1 Å². The van der Waals surface area contributed by atoms with Gasteiger partial charge < -0.3 is 9.66 Å². The molecule has 1 N–H and O–H groups in total. The molecule has 0 aromatic carbocycles. The van der Waals surface area contributed by atoms with Gasteiger partial charge in [-0.2, -0.15) is 0 Å². The quantitative estimate of drug-likeness (QED) is 0.256. The zero-order valence-electron chi connectivity index (χ0n) is 16.2. The van der Waals surface area contributed by atoms with Crippen LogP contribution in [0.4, 0.5) is 0 Å². The smallest absolute Gasteiger partial charge is 0.746 e. The predicted molar refractivity (Wildman–Crippen MR) is 95.3 cm³/mol. The Labute approximate surface area is 172 Å². The van der Waals surface area contributed by atoms with Gasteiger partial charge >= 0.3 is 29.6 Å². The van der Waals surface area contributed by atoms with Crippen LogP contribution in [-0.2, 0) is 10.1 Å². The Morgan fingerprint density at radius 3 is 1.38 bits per heavy atom. The Morgan fingerprint density at radius 2 is 1.00 bits per heavy atom. The van der Waals surface area contributed by atoms with Gasteiger partial charge in [-0.15, -0.1) is 0 Å². The van der Waals surface area contributed by atoms with Crippen molar-refractivity contribution in [2.75, 3.05) is 0 Å². The second kappa shape index (κ2) is 16.1. The Bertz CT molecular complexity index is 373. The molecule has 0 heterocycles. The Kier molecular flexibility index (Phi) is 18.1. The molecule has 0 aromatic heterocycles. The van der Waals surface area contributed by atoms with E-state index in [9.17, 15) is 18.1 Å². The molecule has 6 heteroatoms. The topological polar surface area (TPSA) is 77.4 Å². The van der Waals surface area contributed by atoms with E-state index >= 15 is 0 Å². The van der Waals surface area contributed by atoms with Crippen LogP contribution in [0, 0.1) is 0 Å². The summed E-state index contributed by atoms with van der Waals surface area (Å²) in [5.74, 6) is 0. The van der Waals surface area contributed by atoms with Crippen molar-refractivity contribution >= 4 is 10.1 Å². The number of unbranched alkanes of at least 4 members (excludes halogenated alkanes) is 11. The Balaban J connectivity index is 0. The molecule has 24 heavy (non-hydrogen) atoms. The van der Waals surface area contributed by atoms with Crippen LogP contribution in [0.1, 0.15) is 110 Å². The van der Waals surface area contributed by atoms with Gasteiger partial charge in [-0.3, -0.25) is 0 Å². The minimum atomic E-state index is -4.65. The summed E-state index contributed by atoms with van der Waals surface area (Å²) in [4.78, 5) is -2.05. The first kappa shape index (κ1) is 27.1. The van der Waals surface area contributed by atoms with Crippen molar-refractivity contribution in [3.8, 4) is 0 Å². The molecule has 4 nitrogen and oxygen atoms in total. The first-order chi connectivity index (χ1) is 10.9. The maximum absolute atomic E-state index is 11.3. The summed E-state index contributed by atoms with van der Waals surface area (Å²) in [5.41, 5.74) is 0. The minimum absolute atomic E-state index is 0. The standard InChI is InChI=1S/C18H38O4S.Na/c1-3-5-7-8-9-10-11-12-13-15-17-18(19,23(20,21)22)16-14-6-4-2;/h19H,3-17H2,1-2H3,(H,20,21,22);/q;+1/p-1. The Hall–Kier alpha value is 0.870. The van der Waals surface area contributed by atoms with E-state index in [-0.39, 0.29) is 42.4 Å². The molecule has 0 aliphatic carbocycles. The minimum Gasteiger partial charge on any atom is -0.746 e. The fourth-order valence-corrected chi connectivity index (χ4v) is 3.70. The molecular weight excluding hydrogens is 335 g/mol. The molecule has 0 aliphatic rings. The maximum atomic E-state index is 11.3. The van der Waals surface area contributed by atoms with Crippen LogP contribution in [0.25, 0.3) is 0 Å². The zero-order chi connectivity index (χ0) is 17.6. The van der Waals surface area contributed by atoms with Gasteiger partial charge in [0.2, 0.25) is 0 Å². The number of hydrogen-bond acceptors (Lipinski definition) is 4. The molecule has 0 radical (unpaired) electrons. The Morgan fingerprint density at radius 1 is 0.708 bits per heavy atom. The van der Waals surface area contributed by atoms with Gasteiger partial charge in [-0.1, -0.05) is 84.5 Å². The average Bonchev–Trinajstić information content (AvgIpc) is 2.48. The van der Waals surface area contributed by atoms with E-state index in [2.05, 4.69) is 6.92 Å². The zero-order valence-corrected chi connectivity index (χ0v) is 19.0. The second-order valence-electron chi connectivity index (χ2n) is 6.79. The van der Waals surface area contributed by atoms with Gasteiger partial charge in [0.05, 0.1) is 0 Å². The van der Waals surface area contributed by atoms with Crippen molar-refractivity contribution in [1.29, 1.82) is 0 Å². The normalized spacial score (nSPS) is 14.2. The molecular formula is C18H37NaO4S. The van der Waals surface area contributed by atoms with Crippen LogP contribution in [0.15, 0.2) is 0 Å². The van der Waals surface area contributed by atoms with Crippen molar-refractivity contribution in [2.24, 2.45) is 0 Å². The van der Waals surface area contributed by atoms with E-state index in [0.29, 0.717) is 12.8 Å². The van der Waals surface area contributed by atoms with Crippen molar-refractivity contribution in [3.05, 3.63) is 0 Å². The van der Waals surface area contributed by atoms with Crippen LogP contribution in [0.5, 0.6) is 0 Å². The van der Waals surface area contributed by atoms with Crippen molar-refractivity contribution < 1.29 is 47.6 Å². The fourth-order valence-electron chi connectivity index (χ4n) is 2.91. The van der Waals surface area contributed by atoms with Crippen LogP contribution >= 0.6 is 0 Å². The van der Waals surface area contributed by atoms with Crippen LogP contribution < -0.4 is 29.6 Å². The summed E-state index contributed by atoms with van der Waals surface area (Å²) >= 11 is 0. The summed E-state index contributed by atoms with van der Waals surface area (Å²) in [6, 6.07) is 0. The fraction of sp³-hybridized carbons (Fsp3) is 1.00. The van der Waals surface area contributed by atoms with Crippen molar-refractivity contribution in [1.82, 2.24) is 0 Å². The van der Waals surface area contributed by atoms with E-state index < -0.39 is 15.1 Å². The third-order valence-corrected chi connectivity index (χ3v) is 5.90. The number of aliphatic hydroxyl groups is 1. The molecule has 0 aliphatic heterocycles. The second-order valence-corrected chi connectivity index (χ2v) is 8.46.